The maximum atomic E-state index is 12.7. The van der Waals surface area contributed by atoms with E-state index in [-0.39, 0.29) is 11.4 Å². The van der Waals surface area contributed by atoms with Crippen LogP contribution in [0.4, 0.5) is 5.69 Å². The molecular formula is C22H27N3O. The number of likely N-dealkylation sites (tertiary alicyclic amines) is 1. The average Bonchev–Trinajstić information content (AvgIpc) is 2.65. The first-order chi connectivity index (χ1) is 12.6. The lowest BCUT2D eigenvalue weighted by Crippen LogP contribution is -2.52. The largest absolute Gasteiger partial charge is 0.379 e. The Balaban J connectivity index is 1.50. The van der Waals surface area contributed by atoms with E-state index in [1.54, 1.807) is 0 Å². The van der Waals surface area contributed by atoms with Crippen molar-refractivity contribution >= 4 is 11.6 Å². The molecule has 1 fully saturated rings. The summed E-state index contributed by atoms with van der Waals surface area (Å²) < 4.78 is 0. The minimum absolute atomic E-state index is 0.130. The van der Waals surface area contributed by atoms with Gasteiger partial charge in [0.1, 0.15) is 0 Å². The number of piperidine rings is 1. The number of rotatable bonds is 2. The van der Waals surface area contributed by atoms with Crippen molar-refractivity contribution in [3.8, 4) is 0 Å². The highest BCUT2D eigenvalue weighted by molar-refractivity contribution is 5.79. The third kappa shape index (κ3) is 3.61. The molecule has 1 saturated heterocycles. The van der Waals surface area contributed by atoms with Gasteiger partial charge >= 0.3 is 0 Å². The van der Waals surface area contributed by atoms with Crippen LogP contribution in [0.3, 0.4) is 0 Å². The summed E-state index contributed by atoms with van der Waals surface area (Å²) in [5.74, 6) is 0.239. The molecule has 136 valence electrons. The molecule has 4 nitrogen and oxygen atoms in total. The molecule has 4 heteroatoms. The van der Waals surface area contributed by atoms with Crippen LogP contribution in [0.15, 0.2) is 54.6 Å². The van der Waals surface area contributed by atoms with Gasteiger partial charge in [-0.15, -0.1) is 0 Å². The Bertz CT molecular complexity index is 766. The number of fused-ring (bicyclic) bond motifs is 1. The Hall–Kier alpha value is -2.33. The summed E-state index contributed by atoms with van der Waals surface area (Å²) >= 11 is 0. The molecule has 0 aromatic heterocycles. The Morgan fingerprint density at radius 2 is 1.69 bits per heavy atom. The zero-order valence-corrected chi connectivity index (χ0v) is 15.4. The average molecular weight is 349 g/mol. The molecule has 4 rings (SSSR count). The first kappa shape index (κ1) is 17.1. The predicted octanol–water partition coefficient (Wildman–Crippen LogP) is 3.50. The van der Waals surface area contributed by atoms with Crippen molar-refractivity contribution in [3.05, 3.63) is 65.7 Å². The van der Waals surface area contributed by atoms with Crippen molar-refractivity contribution in [3.63, 3.8) is 0 Å². The predicted molar refractivity (Wildman–Crippen MR) is 105 cm³/mol. The molecule has 2 aliphatic heterocycles. The number of nitrogens with zero attached hydrogens (tertiary/aromatic N) is 2. The van der Waals surface area contributed by atoms with E-state index < -0.39 is 0 Å². The van der Waals surface area contributed by atoms with E-state index in [1.807, 2.05) is 11.9 Å². The lowest BCUT2D eigenvalue weighted by atomic mass is 9.82. The quantitative estimate of drug-likeness (QED) is 0.901. The summed E-state index contributed by atoms with van der Waals surface area (Å²) in [6.45, 7) is 3.70. The molecule has 0 atom stereocenters. The second-order valence-corrected chi connectivity index (χ2v) is 7.75. The molecule has 0 unspecified atom stereocenters. The van der Waals surface area contributed by atoms with Gasteiger partial charge in [-0.1, -0.05) is 48.5 Å². The molecule has 2 aromatic rings. The molecule has 2 aliphatic rings. The van der Waals surface area contributed by atoms with E-state index in [4.69, 9.17) is 0 Å². The van der Waals surface area contributed by atoms with Gasteiger partial charge in [0.25, 0.3) is 0 Å². The molecule has 0 aliphatic carbocycles. The normalized spacial score (nSPS) is 20.2. The number of carbonyl (C=O) groups excluding carboxylic acids is 1. The second-order valence-electron chi connectivity index (χ2n) is 7.75. The zero-order chi connectivity index (χ0) is 18.0. The highest BCUT2D eigenvalue weighted by Gasteiger charge is 2.38. The summed E-state index contributed by atoms with van der Waals surface area (Å²) in [5.41, 5.74) is 3.61. The van der Waals surface area contributed by atoms with E-state index in [0.717, 1.165) is 32.5 Å². The molecule has 1 N–H and O–H groups in total. The number of hydrogen-bond acceptors (Lipinski definition) is 3. The first-order valence-corrected chi connectivity index (χ1v) is 9.50. The fraction of sp³-hybridized carbons (Fsp3) is 0.409. The molecule has 2 aromatic carbocycles. The van der Waals surface area contributed by atoms with Crippen molar-refractivity contribution in [2.24, 2.45) is 0 Å². The van der Waals surface area contributed by atoms with Crippen LogP contribution in [0.1, 0.15) is 30.4 Å². The summed E-state index contributed by atoms with van der Waals surface area (Å²) in [6.07, 6.45) is 2.57. The molecule has 0 saturated carbocycles. The summed E-state index contributed by atoms with van der Waals surface area (Å²) in [4.78, 5) is 17.1. The Labute approximate surface area is 155 Å². The van der Waals surface area contributed by atoms with Gasteiger partial charge in [0.2, 0.25) is 5.91 Å². The number of anilines is 1. The highest BCUT2D eigenvalue weighted by Crippen LogP contribution is 2.34. The van der Waals surface area contributed by atoms with Crippen LogP contribution in [0.5, 0.6) is 0 Å². The monoisotopic (exact) mass is 349 g/mol. The number of carbonyl (C=O) groups is 1. The van der Waals surface area contributed by atoms with Crippen molar-refractivity contribution < 1.29 is 4.79 Å². The molecule has 1 spiro atoms. The van der Waals surface area contributed by atoms with Crippen LogP contribution in [-0.2, 0) is 17.9 Å². The molecule has 2 heterocycles. The molecule has 1 amide bonds. The van der Waals surface area contributed by atoms with Crippen LogP contribution < -0.4 is 5.32 Å². The highest BCUT2D eigenvalue weighted by atomic mass is 16.2. The van der Waals surface area contributed by atoms with Crippen LogP contribution in [0.25, 0.3) is 0 Å². The van der Waals surface area contributed by atoms with Crippen LogP contribution in [0.2, 0.25) is 0 Å². The van der Waals surface area contributed by atoms with Gasteiger partial charge in [0.15, 0.2) is 0 Å². The van der Waals surface area contributed by atoms with E-state index in [2.05, 4.69) is 64.8 Å². The first-order valence-electron chi connectivity index (χ1n) is 9.50. The Morgan fingerprint density at radius 3 is 2.46 bits per heavy atom. The van der Waals surface area contributed by atoms with Crippen molar-refractivity contribution in [2.75, 3.05) is 25.5 Å². The third-order valence-electron chi connectivity index (χ3n) is 5.80. The van der Waals surface area contributed by atoms with Gasteiger partial charge in [0, 0.05) is 50.9 Å². The lowest BCUT2D eigenvalue weighted by molar-refractivity contribution is -0.132. The van der Waals surface area contributed by atoms with Crippen LogP contribution in [-0.4, -0.2) is 41.4 Å². The van der Waals surface area contributed by atoms with Crippen molar-refractivity contribution in [1.82, 2.24) is 9.80 Å². The SMILES string of the molecule is CN1Cc2ccccc2NC2(CCN(Cc3ccccc3)CC2)CC1=O. The zero-order valence-electron chi connectivity index (χ0n) is 15.4. The Morgan fingerprint density at radius 1 is 1.00 bits per heavy atom. The number of nitrogens with one attached hydrogen (secondary N) is 1. The van der Waals surface area contributed by atoms with Crippen molar-refractivity contribution in [1.29, 1.82) is 0 Å². The smallest absolute Gasteiger partial charge is 0.224 e. The molecule has 0 radical (unpaired) electrons. The van der Waals surface area contributed by atoms with E-state index >= 15 is 0 Å². The van der Waals surface area contributed by atoms with E-state index in [1.165, 1.54) is 16.8 Å². The number of amides is 1. The maximum absolute atomic E-state index is 12.7. The van der Waals surface area contributed by atoms with Crippen molar-refractivity contribution in [2.45, 2.75) is 37.9 Å². The molecular weight excluding hydrogens is 322 g/mol. The molecule has 26 heavy (non-hydrogen) atoms. The minimum atomic E-state index is -0.130. The van der Waals surface area contributed by atoms with Gasteiger partial charge in [-0.3, -0.25) is 9.69 Å². The van der Waals surface area contributed by atoms with Crippen LogP contribution >= 0.6 is 0 Å². The van der Waals surface area contributed by atoms with E-state index in [0.29, 0.717) is 13.0 Å². The van der Waals surface area contributed by atoms with Gasteiger partial charge in [-0.25, -0.2) is 0 Å². The topological polar surface area (TPSA) is 35.6 Å². The fourth-order valence-corrected chi connectivity index (χ4v) is 4.16. The molecule has 0 bridgehead atoms. The summed E-state index contributed by atoms with van der Waals surface area (Å²) in [7, 11) is 1.92. The van der Waals surface area contributed by atoms with Gasteiger partial charge < -0.3 is 10.2 Å². The maximum Gasteiger partial charge on any atom is 0.224 e. The fourth-order valence-electron chi connectivity index (χ4n) is 4.16. The van der Waals surface area contributed by atoms with Gasteiger partial charge in [-0.2, -0.15) is 0 Å². The Kier molecular flexibility index (Phi) is 4.68. The second kappa shape index (κ2) is 7.12. The number of hydrogen-bond donors (Lipinski definition) is 1. The standard InChI is InChI=1S/C22H27N3O/c1-24-17-19-9-5-6-10-20(19)23-22(15-21(24)26)11-13-25(14-12-22)16-18-7-3-2-4-8-18/h2-10,23H,11-17H2,1H3. The third-order valence-corrected chi connectivity index (χ3v) is 5.80. The lowest BCUT2D eigenvalue weighted by Gasteiger charge is -2.45. The minimum Gasteiger partial charge on any atom is -0.379 e. The van der Waals surface area contributed by atoms with Gasteiger partial charge in [-0.05, 0) is 30.0 Å². The van der Waals surface area contributed by atoms with Gasteiger partial charge in [0.05, 0.1) is 0 Å². The van der Waals surface area contributed by atoms with E-state index in [9.17, 15) is 4.79 Å². The number of benzene rings is 2. The summed E-state index contributed by atoms with van der Waals surface area (Å²) in [6, 6.07) is 19.0. The number of para-hydroxylation sites is 1. The summed E-state index contributed by atoms with van der Waals surface area (Å²) in [5, 5.41) is 3.78. The van der Waals surface area contributed by atoms with Crippen LogP contribution in [0, 0.1) is 0 Å².